The minimum Gasteiger partial charge on any atom is -0.453 e. The van der Waals surface area contributed by atoms with E-state index in [1.807, 2.05) is 0 Å². The zero-order valence-corrected chi connectivity index (χ0v) is 5.81. The smallest absolute Gasteiger partial charge is 0.422 e. The first kappa shape index (κ1) is 10.0. The average molecular weight is 168 g/mol. The van der Waals surface area contributed by atoms with Crippen LogP contribution in [0.3, 0.4) is 0 Å². The Kier molecular flexibility index (Phi) is 3.64. The number of halogens is 3. The zero-order valence-electron chi connectivity index (χ0n) is 5.81. The van der Waals surface area contributed by atoms with Gasteiger partial charge < -0.3 is 4.74 Å². The predicted octanol–water partition coefficient (Wildman–Crippen LogP) is 1.67. The fraction of sp³-hybridized carbons (Fsp3) is 0.500. The van der Waals surface area contributed by atoms with E-state index in [4.69, 9.17) is 0 Å². The number of rotatable bonds is 2. The first-order chi connectivity index (χ1) is 4.95. The van der Waals surface area contributed by atoms with Gasteiger partial charge in [-0.3, -0.25) is 0 Å². The van der Waals surface area contributed by atoms with E-state index >= 15 is 0 Å². The maximum atomic E-state index is 11.4. The molecule has 0 bridgehead atoms. The Morgan fingerprint density at radius 3 is 2.45 bits per heavy atom. The van der Waals surface area contributed by atoms with Gasteiger partial charge in [0, 0.05) is 6.08 Å². The third kappa shape index (κ3) is 6.89. The molecule has 0 spiro atoms. The molecular weight excluding hydrogens is 161 g/mol. The summed E-state index contributed by atoms with van der Waals surface area (Å²) in [4.78, 5) is 10.3. The first-order valence-electron chi connectivity index (χ1n) is 2.82. The van der Waals surface area contributed by atoms with E-state index in [0.29, 0.717) is 0 Å². The van der Waals surface area contributed by atoms with Crippen LogP contribution in [0.25, 0.3) is 0 Å². The second kappa shape index (κ2) is 4.00. The monoisotopic (exact) mass is 168 g/mol. The second-order valence-electron chi connectivity index (χ2n) is 1.72. The van der Waals surface area contributed by atoms with Crippen molar-refractivity contribution in [3.8, 4) is 0 Å². The van der Waals surface area contributed by atoms with E-state index < -0.39 is 18.8 Å². The molecular formula is C6H7F3O2. The summed E-state index contributed by atoms with van der Waals surface area (Å²) < 4.78 is 37.9. The average Bonchev–Trinajstić information content (AvgIpc) is 1.83. The van der Waals surface area contributed by atoms with Gasteiger partial charge in [-0.1, -0.05) is 6.08 Å². The molecule has 0 N–H and O–H groups in total. The molecule has 0 unspecified atom stereocenters. The van der Waals surface area contributed by atoms with E-state index in [9.17, 15) is 18.0 Å². The highest BCUT2D eigenvalue weighted by Crippen LogP contribution is 2.14. The van der Waals surface area contributed by atoms with Gasteiger partial charge in [0.25, 0.3) is 0 Å². The third-order valence-electron chi connectivity index (χ3n) is 0.681. The van der Waals surface area contributed by atoms with Gasteiger partial charge in [0.15, 0.2) is 6.61 Å². The number of carbonyl (C=O) groups is 1. The van der Waals surface area contributed by atoms with Crippen molar-refractivity contribution in [2.45, 2.75) is 13.1 Å². The van der Waals surface area contributed by atoms with Gasteiger partial charge in [0.1, 0.15) is 0 Å². The quantitative estimate of drug-likeness (QED) is 0.463. The number of alkyl halides is 3. The Morgan fingerprint density at radius 2 is 2.09 bits per heavy atom. The molecule has 64 valence electrons. The van der Waals surface area contributed by atoms with Crippen LogP contribution in [0.15, 0.2) is 12.2 Å². The number of hydrogen-bond acceptors (Lipinski definition) is 2. The van der Waals surface area contributed by atoms with Crippen molar-refractivity contribution in [2.75, 3.05) is 6.61 Å². The highest BCUT2D eigenvalue weighted by molar-refractivity contribution is 5.81. The summed E-state index contributed by atoms with van der Waals surface area (Å²) in [5.41, 5.74) is 0. The van der Waals surface area contributed by atoms with E-state index in [0.717, 1.165) is 6.08 Å². The summed E-state index contributed by atoms with van der Waals surface area (Å²) in [7, 11) is 0. The Hall–Kier alpha value is -1.00. The largest absolute Gasteiger partial charge is 0.453 e. The van der Waals surface area contributed by atoms with Crippen LogP contribution in [0.2, 0.25) is 0 Å². The highest BCUT2D eigenvalue weighted by atomic mass is 19.4. The Labute approximate surface area is 61.6 Å². The Bertz CT molecular complexity index is 160. The van der Waals surface area contributed by atoms with Crippen molar-refractivity contribution < 1.29 is 22.7 Å². The molecule has 2 nitrogen and oxygen atoms in total. The molecule has 0 radical (unpaired) electrons. The van der Waals surface area contributed by atoms with Crippen LogP contribution < -0.4 is 0 Å². The Balaban J connectivity index is 3.63. The lowest BCUT2D eigenvalue weighted by Gasteiger charge is -2.04. The molecule has 11 heavy (non-hydrogen) atoms. The van der Waals surface area contributed by atoms with Crippen molar-refractivity contribution in [2.24, 2.45) is 0 Å². The summed E-state index contributed by atoms with van der Waals surface area (Å²) in [6.45, 7) is -0.0228. The van der Waals surface area contributed by atoms with Crippen LogP contribution >= 0.6 is 0 Å². The van der Waals surface area contributed by atoms with Crippen LogP contribution in [0, 0.1) is 0 Å². The maximum Gasteiger partial charge on any atom is 0.422 e. The lowest BCUT2D eigenvalue weighted by molar-refractivity contribution is -0.182. The van der Waals surface area contributed by atoms with Crippen LogP contribution in [0.5, 0.6) is 0 Å². The molecule has 0 aliphatic carbocycles. The molecule has 0 aromatic heterocycles. The van der Waals surface area contributed by atoms with Crippen molar-refractivity contribution in [1.82, 2.24) is 0 Å². The maximum absolute atomic E-state index is 11.4. The minimum absolute atomic E-state index is 0.922. The molecule has 5 heteroatoms. The Morgan fingerprint density at radius 1 is 1.55 bits per heavy atom. The van der Waals surface area contributed by atoms with Crippen LogP contribution in [0.1, 0.15) is 6.92 Å². The molecule has 0 aliphatic rings. The van der Waals surface area contributed by atoms with E-state index in [1.165, 1.54) is 13.0 Å². The highest BCUT2D eigenvalue weighted by Gasteiger charge is 2.28. The molecule has 0 aromatic rings. The molecule has 0 aromatic carbocycles. The summed E-state index contributed by atoms with van der Waals surface area (Å²) in [6.07, 6.45) is -2.22. The third-order valence-corrected chi connectivity index (χ3v) is 0.681. The van der Waals surface area contributed by atoms with Gasteiger partial charge in [0.05, 0.1) is 0 Å². The predicted molar refractivity (Wildman–Crippen MR) is 31.8 cm³/mol. The number of hydrogen-bond donors (Lipinski definition) is 0. The lowest BCUT2D eigenvalue weighted by Crippen LogP contribution is -2.19. The van der Waals surface area contributed by atoms with Gasteiger partial charge in [-0.15, -0.1) is 0 Å². The number of esters is 1. The summed E-state index contributed by atoms with van der Waals surface area (Å²) >= 11 is 0. The standard InChI is InChI=1S/C6H7F3O2/c1-2-3-5(10)11-4-6(7,8)9/h2-3H,4H2,1H3. The van der Waals surface area contributed by atoms with Crippen LogP contribution in [0.4, 0.5) is 13.2 Å². The lowest BCUT2D eigenvalue weighted by atomic mass is 10.5. The molecule has 0 atom stereocenters. The molecule has 0 amide bonds. The van der Waals surface area contributed by atoms with Crippen molar-refractivity contribution in [3.63, 3.8) is 0 Å². The fourth-order valence-corrected chi connectivity index (χ4v) is 0.337. The van der Waals surface area contributed by atoms with Crippen LogP contribution in [-0.2, 0) is 9.53 Å². The number of carbonyl (C=O) groups excluding carboxylic acids is 1. The van der Waals surface area contributed by atoms with E-state index in [-0.39, 0.29) is 0 Å². The molecule has 0 heterocycles. The summed E-state index contributed by atoms with van der Waals surface area (Å²) in [5, 5.41) is 0. The van der Waals surface area contributed by atoms with Crippen molar-refractivity contribution >= 4 is 5.97 Å². The van der Waals surface area contributed by atoms with Crippen molar-refractivity contribution in [1.29, 1.82) is 0 Å². The van der Waals surface area contributed by atoms with Crippen LogP contribution in [-0.4, -0.2) is 18.8 Å². The number of ether oxygens (including phenoxy) is 1. The van der Waals surface area contributed by atoms with E-state index in [1.54, 1.807) is 0 Å². The topological polar surface area (TPSA) is 26.3 Å². The minimum atomic E-state index is -4.45. The molecule has 0 saturated carbocycles. The summed E-state index contributed by atoms with van der Waals surface area (Å²) in [5.74, 6) is -0.982. The second-order valence-corrected chi connectivity index (χ2v) is 1.72. The van der Waals surface area contributed by atoms with Gasteiger partial charge in [-0.25, -0.2) is 4.79 Å². The molecule has 0 fully saturated rings. The van der Waals surface area contributed by atoms with Gasteiger partial charge in [-0.05, 0) is 6.92 Å². The summed E-state index contributed by atoms with van der Waals surface area (Å²) in [6, 6.07) is 0. The zero-order chi connectivity index (χ0) is 8.91. The normalized spacial score (nSPS) is 12.0. The number of allylic oxidation sites excluding steroid dienone is 1. The molecule has 0 aliphatic heterocycles. The fourth-order valence-electron chi connectivity index (χ4n) is 0.337. The van der Waals surface area contributed by atoms with Gasteiger partial charge >= 0.3 is 12.1 Å². The van der Waals surface area contributed by atoms with E-state index in [2.05, 4.69) is 4.74 Å². The van der Waals surface area contributed by atoms with Gasteiger partial charge in [-0.2, -0.15) is 13.2 Å². The SMILES string of the molecule is CC=CC(=O)OCC(F)(F)F. The first-order valence-corrected chi connectivity index (χ1v) is 2.82. The van der Waals surface area contributed by atoms with Gasteiger partial charge in [0.2, 0.25) is 0 Å². The molecule has 0 saturated heterocycles. The van der Waals surface area contributed by atoms with Crippen molar-refractivity contribution in [3.05, 3.63) is 12.2 Å². The molecule has 0 rings (SSSR count).